The third-order valence-corrected chi connectivity index (χ3v) is 5.88. The Labute approximate surface area is 155 Å². The molecule has 0 bridgehead atoms. The normalized spacial score (nSPS) is 18.2. The lowest BCUT2D eigenvalue weighted by Gasteiger charge is -2.42. The first-order valence-electron chi connectivity index (χ1n) is 9.71. The van der Waals surface area contributed by atoms with Gasteiger partial charge in [0.1, 0.15) is 0 Å². The first-order valence-corrected chi connectivity index (χ1v) is 9.71. The van der Waals surface area contributed by atoms with Crippen molar-refractivity contribution < 1.29 is 4.79 Å². The van der Waals surface area contributed by atoms with Crippen LogP contribution in [-0.4, -0.2) is 25.7 Å². The van der Waals surface area contributed by atoms with Crippen LogP contribution >= 0.6 is 0 Å². The summed E-state index contributed by atoms with van der Waals surface area (Å²) in [7, 11) is 0. The molecular weight excluding hydrogens is 322 g/mol. The quantitative estimate of drug-likeness (QED) is 0.833. The van der Waals surface area contributed by atoms with Gasteiger partial charge in [-0.25, -0.2) is 4.79 Å². The summed E-state index contributed by atoms with van der Waals surface area (Å²) < 4.78 is 0. The lowest BCUT2D eigenvalue weighted by Crippen LogP contribution is -2.46. The molecule has 4 heteroatoms. The summed E-state index contributed by atoms with van der Waals surface area (Å²) in [6.07, 6.45) is 6.05. The molecule has 2 aromatic carbocycles. The van der Waals surface area contributed by atoms with Crippen molar-refractivity contribution >= 4 is 17.4 Å². The van der Waals surface area contributed by atoms with Gasteiger partial charge in [-0.15, -0.1) is 0 Å². The van der Waals surface area contributed by atoms with Crippen molar-refractivity contribution in [3.05, 3.63) is 60.2 Å². The van der Waals surface area contributed by atoms with Gasteiger partial charge in [-0.05, 0) is 55.5 Å². The van der Waals surface area contributed by atoms with E-state index in [0.717, 1.165) is 31.6 Å². The van der Waals surface area contributed by atoms with E-state index in [1.807, 2.05) is 18.2 Å². The number of carbonyl (C=O) groups excluding carboxylic acids is 1. The molecule has 0 aromatic heterocycles. The molecule has 2 aliphatic rings. The van der Waals surface area contributed by atoms with E-state index < -0.39 is 0 Å². The Kier molecular flexibility index (Phi) is 4.83. The van der Waals surface area contributed by atoms with E-state index in [1.165, 1.54) is 30.5 Å². The zero-order chi connectivity index (χ0) is 17.8. The Morgan fingerprint density at radius 1 is 0.923 bits per heavy atom. The summed E-state index contributed by atoms with van der Waals surface area (Å²) in [5.74, 6) is 0. The minimum Gasteiger partial charge on any atom is -0.372 e. The maximum atomic E-state index is 12.3. The third kappa shape index (κ3) is 3.55. The van der Waals surface area contributed by atoms with Gasteiger partial charge in [-0.2, -0.15) is 0 Å². The number of carbonyl (C=O) groups is 1. The van der Waals surface area contributed by atoms with Crippen LogP contribution in [0, 0.1) is 0 Å². The first-order chi connectivity index (χ1) is 12.8. The number of anilines is 2. The van der Waals surface area contributed by atoms with Crippen molar-refractivity contribution in [2.24, 2.45) is 0 Å². The van der Waals surface area contributed by atoms with Crippen LogP contribution in [-0.2, 0) is 5.41 Å². The van der Waals surface area contributed by atoms with Gasteiger partial charge in [0.2, 0.25) is 0 Å². The lowest BCUT2D eigenvalue weighted by molar-refractivity contribution is 0.222. The van der Waals surface area contributed by atoms with Gasteiger partial charge in [0.05, 0.1) is 0 Å². The van der Waals surface area contributed by atoms with Gasteiger partial charge in [0, 0.05) is 36.4 Å². The predicted molar refractivity (Wildman–Crippen MR) is 107 cm³/mol. The average molecular weight is 349 g/mol. The Morgan fingerprint density at radius 2 is 1.62 bits per heavy atom. The molecule has 136 valence electrons. The zero-order valence-electron chi connectivity index (χ0n) is 15.2. The van der Waals surface area contributed by atoms with Crippen LogP contribution in [0.1, 0.15) is 37.7 Å². The van der Waals surface area contributed by atoms with Gasteiger partial charge in [-0.1, -0.05) is 36.8 Å². The number of hydrogen-bond acceptors (Lipinski definition) is 2. The Hall–Kier alpha value is -2.49. The number of rotatable bonds is 5. The fourth-order valence-corrected chi connectivity index (χ4v) is 4.12. The summed E-state index contributed by atoms with van der Waals surface area (Å²) in [6, 6.07) is 18.6. The third-order valence-electron chi connectivity index (χ3n) is 5.88. The standard InChI is InChI=1S/C22H27N3O/c26-21(23-17-22(13-6-14-22)18-7-2-1-3-8-18)24-19-9-11-20(12-10-19)25-15-4-5-16-25/h1-3,7-12H,4-6,13-17H2,(H2,23,24,26). The fourth-order valence-electron chi connectivity index (χ4n) is 4.12. The van der Waals surface area contributed by atoms with E-state index in [1.54, 1.807) is 0 Å². The fraction of sp³-hybridized carbons (Fsp3) is 0.409. The summed E-state index contributed by atoms with van der Waals surface area (Å²) in [6.45, 7) is 2.96. The smallest absolute Gasteiger partial charge is 0.319 e. The molecule has 0 atom stereocenters. The molecule has 0 radical (unpaired) electrons. The highest BCUT2D eigenvalue weighted by molar-refractivity contribution is 5.89. The second-order valence-electron chi connectivity index (χ2n) is 7.55. The maximum absolute atomic E-state index is 12.3. The van der Waals surface area contributed by atoms with Gasteiger partial charge < -0.3 is 15.5 Å². The van der Waals surface area contributed by atoms with Crippen LogP contribution in [0.25, 0.3) is 0 Å². The highest BCUT2D eigenvalue weighted by atomic mass is 16.2. The van der Waals surface area contributed by atoms with E-state index in [9.17, 15) is 4.79 Å². The average Bonchev–Trinajstić information content (AvgIpc) is 3.17. The van der Waals surface area contributed by atoms with E-state index in [0.29, 0.717) is 6.54 Å². The van der Waals surface area contributed by atoms with Crippen molar-refractivity contribution in [3.63, 3.8) is 0 Å². The molecule has 2 N–H and O–H groups in total. The molecule has 1 aliphatic carbocycles. The molecule has 2 aromatic rings. The molecule has 4 nitrogen and oxygen atoms in total. The van der Waals surface area contributed by atoms with Gasteiger partial charge >= 0.3 is 6.03 Å². The molecule has 0 unspecified atom stereocenters. The van der Waals surface area contributed by atoms with Crippen LogP contribution in [0.3, 0.4) is 0 Å². The number of amides is 2. The minimum absolute atomic E-state index is 0.109. The number of benzene rings is 2. The Morgan fingerprint density at radius 3 is 2.23 bits per heavy atom. The van der Waals surface area contributed by atoms with Crippen LogP contribution in [0.2, 0.25) is 0 Å². The van der Waals surface area contributed by atoms with Gasteiger partial charge in [-0.3, -0.25) is 0 Å². The Balaban J connectivity index is 1.32. The van der Waals surface area contributed by atoms with E-state index >= 15 is 0 Å². The van der Waals surface area contributed by atoms with Gasteiger partial charge in [0.25, 0.3) is 0 Å². The SMILES string of the molecule is O=C(NCC1(c2ccccc2)CCC1)Nc1ccc(N2CCCC2)cc1. The summed E-state index contributed by atoms with van der Waals surface area (Å²) in [4.78, 5) is 14.7. The summed E-state index contributed by atoms with van der Waals surface area (Å²) in [5.41, 5.74) is 3.53. The molecule has 4 rings (SSSR count). The van der Waals surface area contributed by atoms with E-state index in [2.05, 4.69) is 51.9 Å². The number of hydrogen-bond donors (Lipinski definition) is 2. The minimum atomic E-state index is -0.124. The highest BCUT2D eigenvalue weighted by Crippen LogP contribution is 2.43. The highest BCUT2D eigenvalue weighted by Gasteiger charge is 2.38. The number of nitrogens with zero attached hydrogens (tertiary/aromatic N) is 1. The topological polar surface area (TPSA) is 44.4 Å². The van der Waals surface area contributed by atoms with Crippen molar-refractivity contribution in [2.45, 2.75) is 37.5 Å². The van der Waals surface area contributed by atoms with E-state index in [4.69, 9.17) is 0 Å². The molecule has 1 heterocycles. The first kappa shape index (κ1) is 17.0. The van der Waals surface area contributed by atoms with Crippen molar-refractivity contribution in [3.8, 4) is 0 Å². The molecule has 0 spiro atoms. The lowest BCUT2D eigenvalue weighted by atomic mass is 9.64. The molecule has 1 saturated carbocycles. The maximum Gasteiger partial charge on any atom is 0.319 e. The second kappa shape index (κ2) is 7.40. The van der Waals surface area contributed by atoms with E-state index in [-0.39, 0.29) is 11.4 Å². The molecule has 2 fully saturated rings. The van der Waals surface area contributed by atoms with Crippen LogP contribution < -0.4 is 15.5 Å². The van der Waals surface area contributed by atoms with Crippen molar-refractivity contribution in [1.82, 2.24) is 5.32 Å². The zero-order valence-corrected chi connectivity index (χ0v) is 15.2. The number of nitrogens with one attached hydrogen (secondary N) is 2. The van der Waals surface area contributed by atoms with Crippen molar-refractivity contribution in [1.29, 1.82) is 0 Å². The van der Waals surface area contributed by atoms with Crippen molar-refractivity contribution in [2.75, 3.05) is 29.9 Å². The molecule has 1 aliphatic heterocycles. The summed E-state index contributed by atoms with van der Waals surface area (Å²) in [5, 5.41) is 6.05. The second-order valence-corrected chi connectivity index (χ2v) is 7.55. The predicted octanol–water partition coefficient (Wildman–Crippen LogP) is 4.53. The molecule has 2 amide bonds. The Bertz CT molecular complexity index is 732. The van der Waals surface area contributed by atoms with Gasteiger partial charge in [0.15, 0.2) is 0 Å². The molecule has 26 heavy (non-hydrogen) atoms. The van der Waals surface area contributed by atoms with Crippen LogP contribution in [0.5, 0.6) is 0 Å². The number of urea groups is 1. The molecule has 1 saturated heterocycles. The summed E-state index contributed by atoms with van der Waals surface area (Å²) >= 11 is 0. The monoisotopic (exact) mass is 349 g/mol. The van der Waals surface area contributed by atoms with Crippen LogP contribution in [0.4, 0.5) is 16.2 Å². The largest absolute Gasteiger partial charge is 0.372 e. The van der Waals surface area contributed by atoms with Crippen LogP contribution in [0.15, 0.2) is 54.6 Å². The molecular formula is C22H27N3O.